The van der Waals surface area contributed by atoms with Gasteiger partial charge in [-0.15, -0.1) is 0 Å². The zero-order chi connectivity index (χ0) is 67.0. The summed E-state index contributed by atoms with van der Waals surface area (Å²) in [5.74, 6) is -5.78. The first-order valence-corrected chi connectivity index (χ1v) is 31.0. The predicted molar refractivity (Wildman–Crippen MR) is 317 cm³/mol. The van der Waals surface area contributed by atoms with Gasteiger partial charge in [0.15, 0.2) is 0 Å². The highest BCUT2D eigenvalue weighted by molar-refractivity contribution is 5.84. The van der Waals surface area contributed by atoms with Gasteiger partial charge >= 0.3 is 0 Å². The molecule has 15 atom stereocenters. The molecule has 3 rings (SSSR count). The number of aliphatic hydroxyl groups is 9. The molecule has 15 unspecified atom stereocenters. The Morgan fingerprint density at radius 2 is 0.711 bits per heavy atom. The molecule has 17 N–H and O–H groups in total. The summed E-state index contributed by atoms with van der Waals surface area (Å²) in [7, 11) is 0. The fraction of sp³-hybridized carbons (Fsp3) is 0.862. The van der Waals surface area contributed by atoms with Crippen LogP contribution in [0, 0.1) is 17.8 Å². The molecule has 8 amide bonds. The molecule has 0 spiro atoms. The van der Waals surface area contributed by atoms with Crippen molar-refractivity contribution in [2.45, 2.75) is 196 Å². The molecule has 32 nitrogen and oxygen atoms in total. The first kappa shape index (κ1) is 79.4. The standard InChI is InChI=1S/C58H104N8O24/c1-34(70)63-48-40(24-37(27-67)51(78)54(48)81)87-18-7-15-59-44(74)12-21-84-30-58(66-47(77)11-10-43(73)62-33-90-57(4,5)6,31-85-22-13-45(75)60-16-8-19-88-41-25-38(28-68)52(79)55(82)49(41)64-35(2)71)32-86-23-14-46(76)61-17-9-20-89-42-26-39(29-69)53(80)56(83)50(42)65-36(3)72/h37-42,48-56,67-69,78-83H,7-33H2,1-6H3,(H,59,74)(H,60,75)(H,61,76)(H,62,73)(H,63,70)(H,64,71)(H,65,72)(H,66,77). The summed E-state index contributed by atoms with van der Waals surface area (Å²) in [6, 6.07) is -2.79. The van der Waals surface area contributed by atoms with E-state index in [2.05, 4.69) is 42.5 Å². The third-order valence-electron chi connectivity index (χ3n) is 15.5. The molecule has 0 aromatic carbocycles. The second-order valence-corrected chi connectivity index (χ2v) is 24.2. The Hall–Kier alpha value is -4.88. The minimum Gasteiger partial charge on any atom is -0.396 e. The van der Waals surface area contributed by atoms with Crippen molar-refractivity contribution in [3.05, 3.63) is 0 Å². The van der Waals surface area contributed by atoms with Crippen molar-refractivity contribution in [1.82, 2.24) is 42.5 Å². The average Bonchev–Trinajstić information content (AvgIpc) is 1.38. The minimum absolute atomic E-state index is 0.0884. The van der Waals surface area contributed by atoms with E-state index in [1.807, 2.05) is 0 Å². The number of hydrogen-bond donors (Lipinski definition) is 17. The van der Waals surface area contributed by atoms with Gasteiger partial charge < -0.3 is 122 Å². The van der Waals surface area contributed by atoms with Gasteiger partial charge in [-0.3, -0.25) is 38.4 Å². The molecule has 3 fully saturated rings. The summed E-state index contributed by atoms with van der Waals surface area (Å²) in [6.45, 7) is 7.00. The van der Waals surface area contributed by atoms with Gasteiger partial charge in [0.25, 0.3) is 0 Å². The van der Waals surface area contributed by atoms with Crippen molar-refractivity contribution < 1.29 is 117 Å². The van der Waals surface area contributed by atoms with E-state index in [9.17, 15) is 84.3 Å². The minimum atomic E-state index is -1.55. The largest absolute Gasteiger partial charge is 0.396 e. The van der Waals surface area contributed by atoms with Crippen molar-refractivity contribution in [2.75, 3.05) is 106 Å². The fourth-order valence-corrected chi connectivity index (χ4v) is 10.6. The van der Waals surface area contributed by atoms with Gasteiger partial charge in [0, 0.05) is 130 Å². The summed E-state index contributed by atoms with van der Waals surface area (Å²) >= 11 is 0. The zero-order valence-corrected chi connectivity index (χ0v) is 52.9. The van der Waals surface area contributed by atoms with Crippen LogP contribution in [0.25, 0.3) is 0 Å². The Bertz CT molecular complexity index is 1990. The number of aliphatic hydroxyl groups excluding tert-OH is 9. The van der Waals surface area contributed by atoms with Crippen molar-refractivity contribution in [3.63, 3.8) is 0 Å². The van der Waals surface area contributed by atoms with E-state index in [1.54, 1.807) is 20.8 Å². The van der Waals surface area contributed by atoms with Crippen LogP contribution in [0.4, 0.5) is 0 Å². The molecule has 0 aromatic rings. The molecule has 0 radical (unpaired) electrons. The Morgan fingerprint density at radius 1 is 0.411 bits per heavy atom. The monoisotopic (exact) mass is 1300 g/mol. The molecule has 3 aliphatic rings. The molecule has 3 aliphatic carbocycles. The number of carbonyl (C=O) groups is 8. The topological polar surface area (TPSA) is 479 Å². The normalized spacial score (nSPS) is 27.5. The van der Waals surface area contributed by atoms with Crippen LogP contribution in [0.15, 0.2) is 0 Å². The van der Waals surface area contributed by atoms with Gasteiger partial charge in [0.1, 0.15) is 30.6 Å². The molecule has 3 saturated carbocycles. The summed E-state index contributed by atoms with van der Waals surface area (Å²) in [5, 5.41) is 114. The van der Waals surface area contributed by atoms with E-state index in [1.165, 1.54) is 20.8 Å². The Labute approximate surface area is 525 Å². The van der Waals surface area contributed by atoms with Crippen LogP contribution in [0.5, 0.6) is 0 Å². The molecule has 0 aliphatic heterocycles. The lowest BCUT2D eigenvalue weighted by Gasteiger charge is -2.42. The lowest BCUT2D eigenvalue weighted by Crippen LogP contribution is -2.61. The van der Waals surface area contributed by atoms with E-state index < -0.39 is 169 Å². The molecule has 32 heteroatoms. The molecule has 520 valence electrons. The van der Waals surface area contributed by atoms with Crippen LogP contribution in [-0.2, 0) is 71.5 Å². The van der Waals surface area contributed by atoms with Crippen LogP contribution in [0.1, 0.15) is 112 Å². The summed E-state index contributed by atoms with van der Waals surface area (Å²) in [5.41, 5.74) is -2.10. The van der Waals surface area contributed by atoms with E-state index in [-0.39, 0.29) is 137 Å². The fourth-order valence-electron chi connectivity index (χ4n) is 10.6. The SMILES string of the molecule is CC(=O)NC1C(OCCCNC(=O)CCOCC(COCCC(=O)NCCCOC2CC(CO)C(O)C(O)C2NC(C)=O)(COCCC(=O)NCCCOC2CC(CO)C(O)C(O)C2NC(C)=O)NC(=O)CCC(=O)NCOC(C)(C)C)CC(CO)C(O)C1O. The van der Waals surface area contributed by atoms with Crippen molar-refractivity contribution in [3.8, 4) is 0 Å². The molecule has 90 heavy (non-hydrogen) atoms. The van der Waals surface area contributed by atoms with E-state index in [0.717, 1.165) is 0 Å². The van der Waals surface area contributed by atoms with Gasteiger partial charge in [0.2, 0.25) is 47.3 Å². The van der Waals surface area contributed by atoms with Crippen LogP contribution < -0.4 is 42.5 Å². The van der Waals surface area contributed by atoms with Crippen LogP contribution in [0.2, 0.25) is 0 Å². The maximum atomic E-state index is 13.7. The maximum absolute atomic E-state index is 13.7. The first-order chi connectivity index (χ1) is 42.6. The zero-order valence-electron chi connectivity index (χ0n) is 52.9. The lowest BCUT2D eigenvalue weighted by molar-refractivity contribution is -0.142. The van der Waals surface area contributed by atoms with Crippen LogP contribution in [-0.4, -0.2) is 283 Å². The first-order valence-electron chi connectivity index (χ1n) is 31.0. The second kappa shape index (κ2) is 41.7. The highest BCUT2D eigenvalue weighted by atomic mass is 16.5. The van der Waals surface area contributed by atoms with Crippen LogP contribution in [0.3, 0.4) is 0 Å². The van der Waals surface area contributed by atoms with Gasteiger partial charge in [-0.2, -0.15) is 0 Å². The molecule has 0 heterocycles. The number of nitrogens with one attached hydrogen (secondary N) is 8. The third-order valence-corrected chi connectivity index (χ3v) is 15.5. The van der Waals surface area contributed by atoms with Gasteiger partial charge in [0.05, 0.1) is 100.0 Å². The quantitative estimate of drug-likeness (QED) is 0.0200. The third kappa shape index (κ3) is 29.4. The van der Waals surface area contributed by atoms with E-state index in [0.29, 0.717) is 19.3 Å². The lowest BCUT2D eigenvalue weighted by atomic mass is 9.79. The van der Waals surface area contributed by atoms with Gasteiger partial charge in [-0.05, 0) is 59.3 Å². The van der Waals surface area contributed by atoms with Crippen molar-refractivity contribution >= 4 is 47.3 Å². The highest BCUT2D eigenvalue weighted by Crippen LogP contribution is 2.31. The highest BCUT2D eigenvalue weighted by Gasteiger charge is 2.47. The summed E-state index contributed by atoms with van der Waals surface area (Å²) < 4.78 is 41.4. The number of rotatable bonds is 42. The number of ether oxygens (including phenoxy) is 7. The van der Waals surface area contributed by atoms with E-state index >= 15 is 0 Å². The number of hydrogen-bond acceptors (Lipinski definition) is 24. The molecule has 0 bridgehead atoms. The van der Waals surface area contributed by atoms with Crippen LogP contribution >= 0.6 is 0 Å². The summed E-state index contributed by atoms with van der Waals surface area (Å²) in [6.07, 6.45) is -9.84. The van der Waals surface area contributed by atoms with Crippen molar-refractivity contribution in [2.24, 2.45) is 17.8 Å². The Balaban J connectivity index is 1.67. The Morgan fingerprint density at radius 3 is 1.00 bits per heavy atom. The van der Waals surface area contributed by atoms with E-state index in [4.69, 9.17) is 33.2 Å². The number of carbonyl (C=O) groups excluding carboxylic acids is 8. The average molecular weight is 1300 g/mol. The second-order valence-electron chi connectivity index (χ2n) is 24.2. The Kier molecular flexibility index (Phi) is 36.7. The van der Waals surface area contributed by atoms with Gasteiger partial charge in [-0.1, -0.05) is 0 Å². The summed E-state index contributed by atoms with van der Waals surface area (Å²) in [4.78, 5) is 101. The molecular formula is C58H104N8O24. The smallest absolute Gasteiger partial charge is 0.222 e. The maximum Gasteiger partial charge on any atom is 0.222 e. The van der Waals surface area contributed by atoms with Crippen molar-refractivity contribution in [1.29, 1.82) is 0 Å². The number of amides is 8. The molecule has 0 aromatic heterocycles. The van der Waals surface area contributed by atoms with Gasteiger partial charge in [-0.25, -0.2) is 0 Å². The molecular weight excluding hydrogens is 1190 g/mol. The predicted octanol–water partition coefficient (Wildman–Crippen LogP) is -5.88. The molecule has 0 saturated heterocycles.